The summed E-state index contributed by atoms with van der Waals surface area (Å²) in [5.41, 5.74) is 17.0. The second-order valence-electron chi connectivity index (χ2n) is 14.7. The molecule has 10 aromatic rings. The Morgan fingerprint density at radius 3 is 1.87 bits per heavy atom. The van der Waals surface area contributed by atoms with Gasteiger partial charge in [0.1, 0.15) is 5.82 Å². The molecular formula is C52H32N2. The van der Waals surface area contributed by atoms with E-state index in [0.29, 0.717) is 0 Å². The number of benzene rings is 9. The fraction of sp³-hybridized carbons (Fsp3) is 0.0192. The number of imidazole rings is 1. The molecule has 54 heavy (non-hydrogen) atoms. The number of fused-ring (bicyclic) bond motifs is 14. The molecule has 0 atom stereocenters. The van der Waals surface area contributed by atoms with Crippen LogP contribution in [0.15, 0.2) is 194 Å². The smallest absolute Gasteiger partial charge is 0.145 e. The summed E-state index contributed by atoms with van der Waals surface area (Å²) in [7, 11) is 0. The van der Waals surface area contributed by atoms with Gasteiger partial charge in [0.15, 0.2) is 0 Å². The first kappa shape index (κ1) is 29.5. The van der Waals surface area contributed by atoms with E-state index < -0.39 is 5.41 Å². The molecule has 1 spiro atoms. The van der Waals surface area contributed by atoms with Gasteiger partial charge in [0.05, 0.1) is 16.4 Å². The molecule has 0 saturated heterocycles. The number of nitrogens with zero attached hydrogens (tertiary/aromatic N) is 2. The van der Waals surface area contributed by atoms with Crippen LogP contribution in [0, 0.1) is 0 Å². The lowest BCUT2D eigenvalue weighted by Crippen LogP contribution is -2.26. The van der Waals surface area contributed by atoms with Crippen LogP contribution in [0.3, 0.4) is 0 Å². The van der Waals surface area contributed by atoms with Crippen molar-refractivity contribution < 1.29 is 0 Å². The molecule has 0 radical (unpaired) electrons. The van der Waals surface area contributed by atoms with Crippen molar-refractivity contribution in [3.8, 4) is 50.5 Å². The summed E-state index contributed by atoms with van der Waals surface area (Å²) in [5.74, 6) is 0.942. The lowest BCUT2D eigenvalue weighted by molar-refractivity contribution is 0.802. The van der Waals surface area contributed by atoms with Crippen molar-refractivity contribution in [2.75, 3.05) is 0 Å². The minimum atomic E-state index is -0.418. The molecule has 0 saturated carbocycles. The van der Waals surface area contributed by atoms with Gasteiger partial charge in [-0.05, 0) is 120 Å². The number of rotatable bonds is 3. The highest BCUT2D eigenvalue weighted by atomic mass is 15.1. The molecule has 0 aliphatic heterocycles. The van der Waals surface area contributed by atoms with E-state index in [1.807, 2.05) is 0 Å². The van der Waals surface area contributed by atoms with Crippen LogP contribution >= 0.6 is 0 Å². The van der Waals surface area contributed by atoms with Gasteiger partial charge >= 0.3 is 0 Å². The molecule has 2 nitrogen and oxygen atoms in total. The Hall–Kier alpha value is -7.03. The summed E-state index contributed by atoms with van der Waals surface area (Å²) in [6, 6.07) is 71.5. The number of hydrogen-bond donors (Lipinski definition) is 0. The number of hydrogen-bond acceptors (Lipinski definition) is 1. The van der Waals surface area contributed by atoms with Crippen LogP contribution in [-0.4, -0.2) is 9.55 Å². The zero-order chi connectivity index (χ0) is 35.4. The molecule has 250 valence electrons. The van der Waals surface area contributed by atoms with E-state index >= 15 is 0 Å². The topological polar surface area (TPSA) is 17.8 Å². The Morgan fingerprint density at radius 2 is 1.06 bits per heavy atom. The molecule has 0 unspecified atom stereocenters. The van der Waals surface area contributed by atoms with Gasteiger partial charge in [-0.2, -0.15) is 0 Å². The van der Waals surface area contributed by atoms with Crippen LogP contribution in [0.1, 0.15) is 22.3 Å². The van der Waals surface area contributed by atoms with Gasteiger partial charge in [-0.3, -0.25) is 4.57 Å². The molecule has 0 bridgehead atoms. The second kappa shape index (κ2) is 11.0. The molecule has 2 heteroatoms. The molecule has 0 amide bonds. The van der Waals surface area contributed by atoms with E-state index in [4.69, 9.17) is 4.98 Å². The summed E-state index contributed by atoms with van der Waals surface area (Å²) in [6.07, 6.45) is 0. The maximum absolute atomic E-state index is 5.10. The van der Waals surface area contributed by atoms with Crippen molar-refractivity contribution in [1.29, 1.82) is 0 Å². The van der Waals surface area contributed by atoms with Crippen LogP contribution in [0.25, 0.3) is 83.0 Å². The third-order valence-corrected chi connectivity index (χ3v) is 12.0. The average Bonchev–Trinajstić information content (AvgIpc) is 3.87. The van der Waals surface area contributed by atoms with Gasteiger partial charge in [-0.25, -0.2) is 4.98 Å². The van der Waals surface area contributed by atoms with Gasteiger partial charge in [0.2, 0.25) is 0 Å². The maximum Gasteiger partial charge on any atom is 0.145 e. The number of aromatic nitrogens is 2. The molecule has 1 aromatic heterocycles. The highest BCUT2D eigenvalue weighted by molar-refractivity contribution is 6.07. The second-order valence-corrected chi connectivity index (χ2v) is 14.7. The van der Waals surface area contributed by atoms with Crippen LogP contribution < -0.4 is 0 Å². The Bertz CT molecular complexity index is 3120. The van der Waals surface area contributed by atoms with Gasteiger partial charge in [0.25, 0.3) is 0 Å². The molecule has 0 N–H and O–H groups in total. The molecule has 2 aliphatic rings. The normalized spacial score (nSPS) is 13.3. The van der Waals surface area contributed by atoms with Crippen molar-refractivity contribution in [3.05, 3.63) is 216 Å². The van der Waals surface area contributed by atoms with Crippen molar-refractivity contribution in [3.63, 3.8) is 0 Å². The predicted molar refractivity (Wildman–Crippen MR) is 223 cm³/mol. The summed E-state index contributed by atoms with van der Waals surface area (Å²) >= 11 is 0. The van der Waals surface area contributed by atoms with E-state index in [2.05, 4.69) is 199 Å². The van der Waals surface area contributed by atoms with Crippen molar-refractivity contribution in [2.24, 2.45) is 0 Å². The first-order valence-corrected chi connectivity index (χ1v) is 18.7. The molecule has 0 fully saturated rings. The Labute approximate surface area is 313 Å². The number of para-hydroxylation sites is 2. The monoisotopic (exact) mass is 684 g/mol. The Morgan fingerprint density at radius 1 is 0.389 bits per heavy atom. The first-order valence-electron chi connectivity index (χ1n) is 18.7. The van der Waals surface area contributed by atoms with Gasteiger partial charge in [0, 0.05) is 11.3 Å². The minimum absolute atomic E-state index is 0.418. The van der Waals surface area contributed by atoms with Crippen LogP contribution in [0.5, 0.6) is 0 Å². The van der Waals surface area contributed by atoms with Gasteiger partial charge in [-0.15, -0.1) is 0 Å². The van der Waals surface area contributed by atoms with Crippen LogP contribution in [0.2, 0.25) is 0 Å². The van der Waals surface area contributed by atoms with E-state index in [1.165, 1.54) is 77.2 Å². The minimum Gasteiger partial charge on any atom is -0.292 e. The summed E-state index contributed by atoms with van der Waals surface area (Å²) < 4.78 is 2.29. The predicted octanol–water partition coefficient (Wildman–Crippen LogP) is 13.0. The van der Waals surface area contributed by atoms with E-state index in [-0.39, 0.29) is 0 Å². The molecule has 2 aliphatic carbocycles. The third-order valence-electron chi connectivity index (χ3n) is 12.0. The fourth-order valence-corrected chi connectivity index (χ4v) is 9.73. The zero-order valence-corrected chi connectivity index (χ0v) is 29.4. The summed E-state index contributed by atoms with van der Waals surface area (Å²) in [5, 5.41) is 5.09. The average molecular weight is 685 g/mol. The van der Waals surface area contributed by atoms with Gasteiger partial charge < -0.3 is 0 Å². The molecule has 1 heterocycles. The summed E-state index contributed by atoms with van der Waals surface area (Å²) in [6.45, 7) is 0. The highest BCUT2D eigenvalue weighted by Gasteiger charge is 2.52. The van der Waals surface area contributed by atoms with E-state index in [0.717, 1.165) is 28.1 Å². The molecule has 12 rings (SSSR count). The third kappa shape index (κ3) is 3.92. The zero-order valence-electron chi connectivity index (χ0n) is 29.4. The molecular weight excluding hydrogens is 653 g/mol. The highest BCUT2D eigenvalue weighted by Crippen LogP contribution is 2.64. The lowest BCUT2D eigenvalue weighted by Gasteiger charge is -2.31. The van der Waals surface area contributed by atoms with Crippen LogP contribution in [0.4, 0.5) is 0 Å². The van der Waals surface area contributed by atoms with E-state index in [1.54, 1.807) is 0 Å². The summed E-state index contributed by atoms with van der Waals surface area (Å²) in [4.78, 5) is 5.10. The molecule has 9 aromatic carbocycles. The van der Waals surface area contributed by atoms with Crippen molar-refractivity contribution in [1.82, 2.24) is 9.55 Å². The Kier molecular flexibility index (Phi) is 6.01. The van der Waals surface area contributed by atoms with E-state index in [9.17, 15) is 0 Å². The Balaban J connectivity index is 1.08. The SMILES string of the molecule is c1ccc(-c2nc3ccccc3n2-c2cccc(-c3ccc4c5c(ccc4c3)-c3cc4ccccc4cc3C53c4ccccc4-c4ccccc43)c2)cc1. The quantitative estimate of drug-likeness (QED) is 0.181. The van der Waals surface area contributed by atoms with Crippen LogP contribution in [-0.2, 0) is 5.41 Å². The first-order chi connectivity index (χ1) is 26.8. The largest absolute Gasteiger partial charge is 0.292 e. The van der Waals surface area contributed by atoms with Crippen molar-refractivity contribution in [2.45, 2.75) is 5.41 Å². The van der Waals surface area contributed by atoms with Gasteiger partial charge in [-0.1, -0.05) is 152 Å². The standard InChI is InChI=1S/C52H32N2/c1-2-13-33(14-3-1)51-53-48-23-10-11-24-49(48)54(51)39-18-12-17-34(30-39)37-25-27-40-38(29-37)26-28-43-44-31-35-15-4-5-16-36(35)32-47(44)52(50(40)43)45-21-8-6-19-41(45)42-20-7-9-22-46(42)52/h1-32H. The van der Waals surface area contributed by atoms with Crippen molar-refractivity contribution >= 4 is 32.6 Å². The maximum atomic E-state index is 5.10. The lowest BCUT2D eigenvalue weighted by atomic mass is 9.69. The fourth-order valence-electron chi connectivity index (χ4n) is 9.73.